The third-order valence-corrected chi connectivity index (χ3v) is 3.27. The van der Waals surface area contributed by atoms with Gasteiger partial charge in [-0.1, -0.05) is 25.1 Å². The van der Waals surface area contributed by atoms with Crippen molar-refractivity contribution in [3.05, 3.63) is 29.8 Å². The molecule has 0 aromatic heterocycles. The number of fused-ring (bicyclic) bond motifs is 3. The van der Waals surface area contributed by atoms with Gasteiger partial charge in [0.25, 0.3) is 0 Å². The number of rotatable bonds is 0. The molecule has 0 bridgehead atoms. The van der Waals surface area contributed by atoms with Crippen LogP contribution in [0.1, 0.15) is 18.4 Å². The van der Waals surface area contributed by atoms with Crippen LogP contribution in [0.3, 0.4) is 0 Å². The molecule has 0 amide bonds. The summed E-state index contributed by atoms with van der Waals surface area (Å²) in [6.07, 6.45) is 0. The average Bonchev–Trinajstić information content (AvgIpc) is 2.78. The number of benzene rings is 1. The minimum Gasteiger partial charge on any atom is -0.493 e. The summed E-state index contributed by atoms with van der Waals surface area (Å²) in [5, 5.41) is 0. The Labute approximate surface area is 72.4 Å². The van der Waals surface area contributed by atoms with Crippen LogP contribution < -0.4 is 4.74 Å². The molecule has 1 heterocycles. The lowest BCUT2D eigenvalue weighted by atomic mass is 10.1. The highest BCUT2D eigenvalue weighted by atomic mass is 16.5. The van der Waals surface area contributed by atoms with Gasteiger partial charge in [-0.3, -0.25) is 0 Å². The van der Waals surface area contributed by atoms with Crippen LogP contribution in [0.25, 0.3) is 0 Å². The van der Waals surface area contributed by atoms with E-state index in [2.05, 4.69) is 25.1 Å². The Morgan fingerprint density at radius 2 is 2.17 bits per heavy atom. The summed E-state index contributed by atoms with van der Waals surface area (Å²) < 4.78 is 5.65. The van der Waals surface area contributed by atoms with E-state index in [0.29, 0.717) is 0 Å². The van der Waals surface area contributed by atoms with E-state index in [1.54, 1.807) is 0 Å². The van der Waals surface area contributed by atoms with Gasteiger partial charge in [0.2, 0.25) is 0 Å². The van der Waals surface area contributed by atoms with Gasteiger partial charge in [-0.25, -0.2) is 0 Å². The second-order valence-electron chi connectivity index (χ2n) is 3.90. The van der Waals surface area contributed by atoms with Crippen LogP contribution in [0.15, 0.2) is 24.3 Å². The average molecular weight is 160 g/mol. The Morgan fingerprint density at radius 3 is 3.08 bits per heavy atom. The van der Waals surface area contributed by atoms with Gasteiger partial charge in [0.1, 0.15) is 5.75 Å². The molecule has 12 heavy (non-hydrogen) atoms. The standard InChI is InChI=1S/C11H12O/c1-7-9-6-12-10-5-3-2-4-8(10)11(7)9/h2-5,7,9,11H,6H2,1H3/t7-,9-,11-/m1/s1. The minimum absolute atomic E-state index is 0.801. The van der Waals surface area contributed by atoms with E-state index in [1.807, 2.05) is 6.07 Å². The predicted octanol–water partition coefficient (Wildman–Crippen LogP) is 2.43. The van der Waals surface area contributed by atoms with Crippen molar-refractivity contribution in [1.82, 2.24) is 0 Å². The summed E-state index contributed by atoms with van der Waals surface area (Å²) in [4.78, 5) is 0. The van der Waals surface area contributed by atoms with E-state index in [4.69, 9.17) is 4.74 Å². The predicted molar refractivity (Wildman–Crippen MR) is 47.3 cm³/mol. The molecule has 1 heteroatoms. The molecule has 0 radical (unpaired) electrons. The van der Waals surface area contributed by atoms with Gasteiger partial charge < -0.3 is 4.74 Å². The molecule has 0 spiro atoms. The summed E-state index contributed by atoms with van der Waals surface area (Å²) in [5.41, 5.74) is 1.43. The number of hydrogen-bond donors (Lipinski definition) is 0. The lowest BCUT2D eigenvalue weighted by Crippen LogP contribution is -2.07. The molecule has 0 N–H and O–H groups in total. The van der Waals surface area contributed by atoms with Gasteiger partial charge in [0.05, 0.1) is 6.61 Å². The molecule has 2 aliphatic rings. The Kier molecular flexibility index (Phi) is 1.11. The van der Waals surface area contributed by atoms with Crippen molar-refractivity contribution in [2.75, 3.05) is 6.61 Å². The summed E-state index contributed by atoms with van der Waals surface area (Å²) in [6.45, 7) is 3.25. The fourth-order valence-electron chi connectivity index (χ4n) is 2.39. The second kappa shape index (κ2) is 2.03. The lowest BCUT2D eigenvalue weighted by Gasteiger charge is -2.15. The Morgan fingerprint density at radius 1 is 1.33 bits per heavy atom. The van der Waals surface area contributed by atoms with Gasteiger partial charge in [0.15, 0.2) is 0 Å². The highest BCUT2D eigenvalue weighted by molar-refractivity contribution is 5.42. The van der Waals surface area contributed by atoms with Gasteiger partial charge >= 0.3 is 0 Å². The Bertz CT molecular complexity index is 319. The summed E-state index contributed by atoms with van der Waals surface area (Å²) in [7, 11) is 0. The maximum Gasteiger partial charge on any atom is 0.122 e. The molecule has 1 fully saturated rings. The third-order valence-electron chi connectivity index (χ3n) is 3.27. The highest BCUT2D eigenvalue weighted by Gasteiger charge is 2.51. The molecule has 3 atom stereocenters. The second-order valence-corrected chi connectivity index (χ2v) is 3.90. The molecule has 1 nitrogen and oxygen atoms in total. The summed E-state index contributed by atoms with van der Waals surface area (Å²) >= 11 is 0. The zero-order valence-corrected chi connectivity index (χ0v) is 7.16. The first kappa shape index (κ1) is 6.53. The topological polar surface area (TPSA) is 9.23 Å². The molecule has 0 saturated heterocycles. The zero-order chi connectivity index (χ0) is 8.13. The Balaban J connectivity index is 2.10. The molecule has 1 aliphatic carbocycles. The molecule has 1 aliphatic heterocycles. The fourth-order valence-corrected chi connectivity index (χ4v) is 2.39. The monoisotopic (exact) mass is 160 g/mol. The van der Waals surface area contributed by atoms with Gasteiger partial charge in [0, 0.05) is 5.92 Å². The van der Waals surface area contributed by atoms with Crippen LogP contribution in [0.4, 0.5) is 0 Å². The van der Waals surface area contributed by atoms with Crippen LogP contribution in [-0.4, -0.2) is 6.61 Å². The van der Waals surface area contributed by atoms with Gasteiger partial charge in [-0.2, -0.15) is 0 Å². The molecular weight excluding hydrogens is 148 g/mol. The first-order valence-corrected chi connectivity index (χ1v) is 4.59. The zero-order valence-electron chi connectivity index (χ0n) is 7.16. The maximum absolute atomic E-state index is 5.65. The first-order valence-electron chi connectivity index (χ1n) is 4.59. The molecule has 3 rings (SSSR count). The summed E-state index contributed by atoms with van der Waals surface area (Å²) in [5.74, 6) is 3.56. The number of hydrogen-bond acceptors (Lipinski definition) is 1. The Hall–Kier alpha value is -0.980. The van der Waals surface area contributed by atoms with E-state index in [9.17, 15) is 0 Å². The molecule has 0 unspecified atom stereocenters. The smallest absolute Gasteiger partial charge is 0.122 e. The van der Waals surface area contributed by atoms with E-state index in [-0.39, 0.29) is 0 Å². The van der Waals surface area contributed by atoms with Crippen molar-refractivity contribution in [3.8, 4) is 5.75 Å². The van der Waals surface area contributed by atoms with Crippen LogP contribution in [0.5, 0.6) is 5.75 Å². The van der Waals surface area contributed by atoms with E-state index in [0.717, 1.165) is 30.1 Å². The van der Waals surface area contributed by atoms with Crippen LogP contribution >= 0.6 is 0 Å². The maximum atomic E-state index is 5.65. The van der Waals surface area contributed by atoms with Crippen molar-refractivity contribution in [1.29, 1.82) is 0 Å². The van der Waals surface area contributed by atoms with E-state index in [1.165, 1.54) is 5.56 Å². The quantitative estimate of drug-likeness (QED) is 0.566. The third kappa shape index (κ3) is 0.689. The van der Waals surface area contributed by atoms with E-state index >= 15 is 0 Å². The van der Waals surface area contributed by atoms with Gasteiger partial charge in [-0.05, 0) is 23.5 Å². The van der Waals surface area contributed by atoms with Crippen molar-refractivity contribution in [2.45, 2.75) is 12.8 Å². The van der Waals surface area contributed by atoms with Crippen LogP contribution in [0, 0.1) is 11.8 Å². The molecule has 1 aromatic rings. The molecule has 62 valence electrons. The van der Waals surface area contributed by atoms with Crippen molar-refractivity contribution in [3.63, 3.8) is 0 Å². The summed E-state index contributed by atoms with van der Waals surface area (Å²) in [6, 6.07) is 8.44. The number of ether oxygens (including phenoxy) is 1. The normalized spacial score (nSPS) is 36.2. The SMILES string of the molecule is C[C@@H]1[C@H]2COc3ccccc3[C@@H]12. The molecular formula is C11H12O. The minimum atomic E-state index is 0.801. The molecule has 1 saturated carbocycles. The van der Waals surface area contributed by atoms with Crippen LogP contribution in [0.2, 0.25) is 0 Å². The van der Waals surface area contributed by atoms with Gasteiger partial charge in [-0.15, -0.1) is 0 Å². The van der Waals surface area contributed by atoms with Crippen molar-refractivity contribution in [2.24, 2.45) is 11.8 Å². The van der Waals surface area contributed by atoms with Crippen molar-refractivity contribution < 1.29 is 4.74 Å². The fraction of sp³-hybridized carbons (Fsp3) is 0.455. The molecule has 1 aromatic carbocycles. The lowest BCUT2D eigenvalue weighted by molar-refractivity contribution is 0.276. The van der Waals surface area contributed by atoms with Crippen LogP contribution in [-0.2, 0) is 0 Å². The number of para-hydroxylation sites is 1. The highest BCUT2D eigenvalue weighted by Crippen LogP contribution is 2.58. The largest absolute Gasteiger partial charge is 0.493 e. The van der Waals surface area contributed by atoms with E-state index < -0.39 is 0 Å². The van der Waals surface area contributed by atoms with Crippen molar-refractivity contribution >= 4 is 0 Å². The first-order chi connectivity index (χ1) is 5.88.